The number of carbonyl (C=O) groups is 1. The van der Waals surface area contributed by atoms with Gasteiger partial charge in [0.05, 0.1) is 23.5 Å². The average Bonchev–Trinajstić information content (AvgIpc) is 3.07. The number of aromatic nitrogens is 2. The smallest absolute Gasteiger partial charge is 0.399 e. The molecule has 1 saturated heterocycles. The third-order valence-corrected chi connectivity index (χ3v) is 5.66. The first kappa shape index (κ1) is 21.3. The number of hydrogen-bond donors (Lipinski definition) is 2. The number of nitrogens with two attached hydrogens (primary N) is 2. The van der Waals surface area contributed by atoms with Gasteiger partial charge in [-0.3, -0.25) is 4.79 Å². The van der Waals surface area contributed by atoms with Crippen molar-refractivity contribution in [2.75, 3.05) is 29.5 Å². The van der Waals surface area contributed by atoms with Gasteiger partial charge in [0.2, 0.25) is 0 Å². The summed E-state index contributed by atoms with van der Waals surface area (Å²) in [5.74, 6) is -0.677. The molecule has 0 spiro atoms. The van der Waals surface area contributed by atoms with E-state index in [2.05, 4.69) is 9.97 Å². The normalized spacial score (nSPS) is 16.8. The highest BCUT2D eigenvalue weighted by molar-refractivity contribution is 7.99. The third kappa shape index (κ3) is 5.57. The van der Waals surface area contributed by atoms with Crippen molar-refractivity contribution in [3.8, 4) is 0 Å². The van der Waals surface area contributed by atoms with E-state index in [-0.39, 0.29) is 12.4 Å². The van der Waals surface area contributed by atoms with Crippen molar-refractivity contribution < 1.29 is 22.7 Å². The van der Waals surface area contributed by atoms with Gasteiger partial charge >= 0.3 is 12.1 Å². The summed E-state index contributed by atoms with van der Waals surface area (Å²) in [5, 5.41) is 0.833. The van der Waals surface area contributed by atoms with Crippen LogP contribution in [0.5, 0.6) is 0 Å². The average molecular weight is 448 g/mol. The Hall–Kier alpha value is -2.40. The second kappa shape index (κ2) is 8.54. The number of anilines is 3. The number of esters is 1. The number of ether oxygens (including phenoxy) is 1. The monoisotopic (exact) mass is 447 g/mol. The van der Waals surface area contributed by atoms with E-state index in [4.69, 9.17) is 27.8 Å². The molecule has 3 rings (SSSR count). The lowest BCUT2D eigenvalue weighted by molar-refractivity contribution is -0.174. The number of alkyl halides is 3. The minimum atomic E-state index is -4.59. The molecule has 156 valence electrons. The van der Waals surface area contributed by atoms with E-state index in [9.17, 15) is 18.0 Å². The number of benzene rings is 1. The highest BCUT2D eigenvalue weighted by Crippen LogP contribution is 2.37. The molecule has 0 amide bonds. The first-order valence-electron chi connectivity index (χ1n) is 8.48. The molecule has 1 unspecified atom stereocenters. The van der Waals surface area contributed by atoms with Crippen LogP contribution in [0.2, 0.25) is 5.02 Å². The van der Waals surface area contributed by atoms with E-state index in [0.29, 0.717) is 39.4 Å². The maximum Gasteiger partial charge on any atom is 0.399 e. The van der Waals surface area contributed by atoms with Crippen molar-refractivity contribution in [2.24, 2.45) is 0 Å². The summed E-state index contributed by atoms with van der Waals surface area (Å²) in [5.41, 5.74) is 12.2. The van der Waals surface area contributed by atoms with Crippen LogP contribution >= 0.6 is 23.4 Å². The van der Waals surface area contributed by atoms with Gasteiger partial charge in [0.1, 0.15) is 23.4 Å². The molecule has 29 heavy (non-hydrogen) atoms. The van der Waals surface area contributed by atoms with Gasteiger partial charge < -0.3 is 21.1 Å². The lowest BCUT2D eigenvalue weighted by atomic mass is 10.3. The number of nitrogens with zero attached hydrogens (tertiary/aromatic N) is 3. The van der Waals surface area contributed by atoms with Crippen LogP contribution in [-0.2, 0) is 9.53 Å². The van der Waals surface area contributed by atoms with Crippen molar-refractivity contribution in [3.05, 3.63) is 29.4 Å². The summed E-state index contributed by atoms with van der Waals surface area (Å²) in [4.78, 5) is 22.4. The highest BCUT2D eigenvalue weighted by Gasteiger charge is 2.35. The van der Waals surface area contributed by atoms with Crippen LogP contribution in [0.15, 0.2) is 34.3 Å². The number of rotatable bonds is 5. The van der Waals surface area contributed by atoms with Gasteiger partial charge in [-0.15, -0.1) is 0 Å². The molecule has 1 aliphatic heterocycles. The third-order valence-electron chi connectivity index (χ3n) is 4.06. The molecule has 0 aliphatic carbocycles. The van der Waals surface area contributed by atoms with Crippen LogP contribution in [0.4, 0.5) is 30.5 Å². The van der Waals surface area contributed by atoms with Crippen molar-refractivity contribution >= 4 is 46.7 Å². The number of nitrogen functional groups attached to an aromatic ring is 2. The Balaban J connectivity index is 1.63. The Bertz CT molecular complexity index is 915. The maximum absolute atomic E-state index is 12.2. The number of halogens is 4. The Kier molecular flexibility index (Phi) is 6.27. The van der Waals surface area contributed by atoms with Crippen molar-refractivity contribution in [1.82, 2.24) is 9.97 Å². The Morgan fingerprint density at radius 3 is 2.83 bits per heavy atom. The number of hydrogen-bond acceptors (Lipinski definition) is 8. The zero-order valence-electron chi connectivity index (χ0n) is 14.9. The van der Waals surface area contributed by atoms with Crippen molar-refractivity contribution in [3.63, 3.8) is 0 Å². The van der Waals surface area contributed by atoms with Gasteiger partial charge in [-0.25, -0.2) is 9.97 Å². The molecule has 0 saturated carbocycles. The predicted octanol–water partition coefficient (Wildman–Crippen LogP) is 3.52. The second-order valence-corrected chi connectivity index (χ2v) is 7.73. The molecule has 1 fully saturated rings. The zero-order chi connectivity index (χ0) is 21.2. The molecule has 4 N–H and O–H groups in total. The molecule has 7 nitrogen and oxygen atoms in total. The molecule has 1 aliphatic rings. The first-order chi connectivity index (χ1) is 13.6. The van der Waals surface area contributed by atoms with E-state index in [1.54, 1.807) is 23.1 Å². The molecular formula is C17H17ClF3N5O2S. The van der Waals surface area contributed by atoms with Gasteiger partial charge in [0.25, 0.3) is 0 Å². The molecular weight excluding hydrogens is 431 g/mol. The van der Waals surface area contributed by atoms with Crippen LogP contribution in [0, 0.1) is 0 Å². The van der Waals surface area contributed by atoms with E-state index < -0.39 is 24.7 Å². The van der Waals surface area contributed by atoms with Crippen LogP contribution in [0.25, 0.3) is 0 Å². The molecule has 12 heteroatoms. The lowest BCUT2D eigenvalue weighted by Crippen LogP contribution is -2.27. The molecule has 2 heterocycles. The van der Waals surface area contributed by atoms with E-state index in [0.717, 1.165) is 0 Å². The van der Waals surface area contributed by atoms with Gasteiger partial charge in [-0.1, -0.05) is 29.4 Å². The molecule has 1 aromatic carbocycles. The summed E-state index contributed by atoms with van der Waals surface area (Å²) in [6, 6.07) is 5.21. The Morgan fingerprint density at radius 2 is 2.14 bits per heavy atom. The largest absolute Gasteiger partial charge is 0.460 e. The zero-order valence-corrected chi connectivity index (χ0v) is 16.5. The molecule has 2 aromatic rings. The van der Waals surface area contributed by atoms with E-state index >= 15 is 0 Å². The summed E-state index contributed by atoms with van der Waals surface area (Å²) >= 11 is 7.39. The summed E-state index contributed by atoms with van der Waals surface area (Å²) in [6.45, 7) is 0.664. The quantitative estimate of drug-likeness (QED) is 0.529. The summed E-state index contributed by atoms with van der Waals surface area (Å²) in [7, 11) is 0. The van der Waals surface area contributed by atoms with Crippen LogP contribution in [-0.4, -0.2) is 41.3 Å². The summed E-state index contributed by atoms with van der Waals surface area (Å²) in [6.07, 6.45) is -4.95. The van der Waals surface area contributed by atoms with Crippen LogP contribution in [0.3, 0.4) is 0 Å². The SMILES string of the molecule is Nc1cccc(Sc2ncc(N3CCC(OC(=O)CC(F)(F)F)C3)nc2N)c1Cl. The minimum absolute atomic E-state index is 0.170. The Morgan fingerprint density at radius 1 is 1.38 bits per heavy atom. The van der Waals surface area contributed by atoms with Gasteiger partial charge in [-0.05, 0) is 12.1 Å². The predicted molar refractivity (Wildman–Crippen MR) is 104 cm³/mol. The fourth-order valence-corrected chi connectivity index (χ4v) is 3.81. The van der Waals surface area contributed by atoms with Gasteiger partial charge in [0.15, 0.2) is 5.82 Å². The van der Waals surface area contributed by atoms with Gasteiger partial charge in [-0.2, -0.15) is 13.2 Å². The number of carbonyl (C=O) groups excluding carboxylic acids is 1. The molecule has 0 bridgehead atoms. The van der Waals surface area contributed by atoms with Crippen molar-refractivity contribution in [1.29, 1.82) is 0 Å². The lowest BCUT2D eigenvalue weighted by Gasteiger charge is -2.18. The first-order valence-corrected chi connectivity index (χ1v) is 9.67. The molecule has 0 radical (unpaired) electrons. The van der Waals surface area contributed by atoms with Gasteiger partial charge in [0, 0.05) is 17.9 Å². The topological polar surface area (TPSA) is 107 Å². The molecule has 1 atom stereocenters. The van der Waals surface area contributed by atoms with E-state index in [1.807, 2.05) is 0 Å². The second-order valence-electron chi connectivity index (χ2n) is 6.32. The maximum atomic E-state index is 12.2. The van der Waals surface area contributed by atoms with Crippen LogP contribution in [0.1, 0.15) is 12.8 Å². The fraction of sp³-hybridized carbons (Fsp3) is 0.353. The minimum Gasteiger partial charge on any atom is -0.460 e. The standard InChI is InChI=1S/C17H17ClF3N5O2S/c18-14-10(22)2-1-3-11(14)29-16-15(23)25-12(7-24-16)26-5-4-9(8-26)28-13(27)6-17(19,20)21/h1-3,7,9H,4-6,8,22H2,(H2,23,25). The Labute approximate surface area is 173 Å². The highest BCUT2D eigenvalue weighted by atomic mass is 35.5. The van der Waals surface area contributed by atoms with Crippen molar-refractivity contribution in [2.45, 2.75) is 35.0 Å². The molecule has 1 aromatic heterocycles. The van der Waals surface area contributed by atoms with Crippen LogP contribution < -0.4 is 16.4 Å². The van der Waals surface area contributed by atoms with E-state index in [1.165, 1.54) is 18.0 Å². The fourth-order valence-electron chi connectivity index (χ4n) is 2.75. The summed E-state index contributed by atoms with van der Waals surface area (Å²) < 4.78 is 41.6.